The SMILES string of the molecule is C=C1C2CCCC1CN(c1cc(C(F)(F)F)ccc1C(N)=O)C2. The molecule has 2 unspecified atom stereocenters. The number of hydrogen-bond acceptors (Lipinski definition) is 2. The molecule has 1 aromatic carbocycles. The Morgan fingerprint density at radius 1 is 1.22 bits per heavy atom. The maximum absolute atomic E-state index is 13.0. The third-order valence-electron chi connectivity index (χ3n) is 4.97. The fourth-order valence-corrected chi connectivity index (χ4v) is 3.71. The predicted molar refractivity (Wildman–Crippen MR) is 82.1 cm³/mol. The maximum Gasteiger partial charge on any atom is 0.416 e. The van der Waals surface area contributed by atoms with E-state index in [4.69, 9.17) is 5.73 Å². The number of amides is 1. The summed E-state index contributed by atoms with van der Waals surface area (Å²) in [5, 5.41) is 0. The van der Waals surface area contributed by atoms with Gasteiger partial charge >= 0.3 is 6.18 Å². The summed E-state index contributed by atoms with van der Waals surface area (Å²) in [6.07, 6.45) is -1.33. The van der Waals surface area contributed by atoms with E-state index in [1.165, 1.54) is 11.6 Å². The molecule has 2 atom stereocenters. The van der Waals surface area contributed by atoms with Crippen molar-refractivity contribution in [1.82, 2.24) is 0 Å². The van der Waals surface area contributed by atoms with Crippen molar-refractivity contribution in [2.45, 2.75) is 25.4 Å². The molecule has 2 N–H and O–H groups in total. The molecule has 1 amide bonds. The summed E-state index contributed by atoms with van der Waals surface area (Å²) in [5.74, 6) is -0.154. The summed E-state index contributed by atoms with van der Waals surface area (Å²) in [7, 11) is 0. The Labute approximate surface area is 133 Å². The lowest BCUT2D eigenvalue weighted by atomic mass is 9.74. The fraction of sp³-hybridized carbons (Fsp3) is 0.471. The lowest BCUT2D eigenvalue weighted by molar-refractivity contribution is -0.137. The third kappa shape index (κ3) is 2.94. The van der Waals surface area contributed by atoms with Crippen LogP contribution in [0, 0.1) is 11.8 Å². The Bertz CT molecular complexity index is 638. The van der Waals surface area contributed by atoms with Crippen LogP contribution in [-0.2, 0) is 6.18 Å². The van der Waals surface area contributed by atoms with Gasteiger partial charge in [-0.3, -0.25) is 4.79 Å². The Kier molecular flexibility index (Phi) is 3.86. The van der Waals surface area contributed by atoms with Crippen LogP contribution < -0.4 is 10.6 Å². The third-order valence-corrected chi connectivity index (χ3v) is 4.97. The number of carbonyl (C=O) groups is 1. The number of alkyl halides is 3. The van der Waals surface area contributed by atoms with Gasteiger partial charge in [-0.15, -0.1) is 0 Å². The number of piperidine rings is 1. The molecule has 2 aliphatic rings. The standard InChI is InChI=1S/C17H19F3N2O/c1-10-11-3-2-4-12(10)9-22(8-11)15-7-13(17(18,19)20)5-6-14(15)16(21)23/h5-7,11-12H,1-4,8-9H2,(H2,21,23). The second-order valence-electron chi connectivity index (χ2n) is 6.40. The molecule has 1 aliphatic carbocycles. The quantitative estimate of drug-likeness (QED) is 0.845. The number of rotatable bonds is 2. The summed E-state index contributed by atoms with van der Waals surface area (Å²) in [5.41, 5.74) is 6.23. The molecule has 124 valence electrons. The first-order valence-corrected chi connectivity index (χ1v) is 7.72. The van der Waals surface area contributed by atoms with Crippen LogP contribution >= 0.6 is 0 Å². The van der Waals surface area contributed by atoms with E-state index in [1.54, 1.807) is 0 Å². The molecule has 1 saturated carbocycles. The van der Waals surface area contributed by atoms with Crippen LogP contribution in [0.5, 0.6) is 0 Å². The maximum atomic E-state index is 13.0. The van der Waals surface area contributed by atoms with Crippen LogP contribution in [-0.4, -0.2) is 19.0 Å². The summed E-state index contributed by atoms with van der Waals surface area (Å²) < 4.78 is 39.0. The Morgan fingerprint density at radius 3 is 2.35 bits per heavy atom. The molecule has 0 radical (unpaired) electrons. The Balaban J connectivity index is 2.00. The van der Waals surface area contributed by atoms with Crippen molar-refractivity contribution in [3.63, 3.8) is 0 Å². The highest BCUT2D eigenvalue weighted by Gasteiger charge is 2.36. The fourth-order valence-electron chi connectivity index (χ4n) is 3.71. The highest BCUT2D eigenvalue weighted by Crippen LogP contribution is 2.41. The van der Waals surface area contributed by atoms with Crippen LogP contribution in [0.4, 0.5) is 18.9 Å². The molecular weight excluding hydrogens is 305 g/mol. The van der Waals surface area contributed by atoms with Crippen LogP contribution in [0.15, 0.2) is 30.4 Å². The minimum atomic E-state index is -4.44. The molecule has 1 aliphatic heterocycles. The monoisotopic (exact) mass is 324 g/mol. The number of nitrogens with zero attached hydrogens (tertiary/aromatic N) is 1. The molecule has 0 aromatic heterocycles. The number of benzene rings is 1. The topological polar surface area (TPSA) is 46.3 Å². The highest BCUT2D eigenvalue weighted by molar-refractivity contribution is 5.99. The number of anilines is 1. The number of primary amides is 1. The van der Waals surface area contributed by atoms with Gasteiger partial charge in [0.15, 0.2) is 0 Å². The van der Waals surface area contributed by atoms with Crippen molar-refractivity contribution in [2.75, 3.05) is 18.0 Å². The molecule has 2 fully saturated rings. The van der Waals surface area contributed by atoms with Crippen LogP contribution in [0.1, 0.15) is 35.2 Å². The van der Waals surface area contributed by atoms with Gasteiger partial charge in [0, 0.05) is 13.1 Å². The van der Waals surface area contributed by atoms with E-state index in [1.807, 2.05) is 4.90 Å². The average Bonchev–Trinajstić information content (AvgIpc) is 2.45. The van der Waals surface area contributed by atoms with E-state index in [-0.39, 0.29) is 23.1 Å². The first kappa shape index (κ1) is 15.9. The van der Waals surface area contributed by atoms with Gasteiger partial charge in [0.1, 0.15) is 0 Å². The lowest BCUT2D eigenvalue weighted by Gasteiger charge is -2.44. The van der Waals surface area contributed by atoms with Crippen molar-refractivity contribution < 1.29 is 18.0 Å². The molecular formula is C17H19F3N2O. The number of hydrogen-bond donors (Lipinski definition) is 1. The predicted octanol–water partition coefficient (Wildman–Crippen LogP) is 3.60. The average molecular weight is 324 g/mol. The van der Waals surface area contributed by atoms with E-state index >= 15 is 0 Å². The van der Waals surface area contributed by atoms with Gasteiger partial charge in [-0.25, -0.2) is 0 Å². The van der Waals surface area contributed by atoms with E-state index in [0.717, 1.165) is 31.4 Å². The summed E-state index contributed by atoms with van der Waals surface area (Å²) >= 11 is 0. The van der Waals surface area contributed by atoms with Crippen molar-refractivity contribution in [1.29, 1.82) is 0 Å². The van der Waals surface area contributed by atoms with Crippen molar-refractivity contribution in [3.8, 4) is 0 Å². The molecule has 0 spiro atoms. The van der Waals surface area contributed by atoms with E-state index in [2.05, 4.69) is 6.58 Å². The number of halogens is 3. The normalized spacial score (nSPS) is 24.7. The molecule has 23 heavy (non-hydrogen) atoms. The van der Waals surface area contributed by atoms with Gasteiger partial charge in [0.05, 0.1) is 16.8 Å². The zero-order chi connectivity index (χ0) is 16.8. The number of carbonyl (C=O) groups excluding carboxylic acids is 1. The Hall–Kier alpha value is -1.98. The van der Waals surface area contributed by atoms with Crippen LogP contribution in [0.2, 0.25) is 0 Å². The Morgan fingerprint density at radius 2 is 1.83 bits per heavy atom. The molecule has 6 heteroatoms. The molecule has 1 saturated heterocycles. The van der Waals surface area contributed by atoms with E-state index in [0.29, 0.717) is 13.1 Å². The smallest absolute Gasteiger partial charge is 0.370 e. The number of fused-ring (bicyclic) bond motifs is 2. The lowest BCUT2D eigenvalue weighted by Crippen LogP contribution is -2.44. The summed E-state index contributed by atoms with van der Waals surface area (Å²) in [4.78, 5) is 13.5. The van der Waals surface area contributed by atoms with Gasteiger partial charge < -0.3 is 10.6 Å². The minimum absolute atomic E-state index is 0.142. The molecule has 1 aromatic rings. The van der Waals surface area contributed by atoms with Crippen LogP contribution in [0.25, 0.3) is 0 Å². The minimum Gasteiger partial charge on any atom is -0.370 e. The molecule has 3 nitrogen and oxygen atoms in total. The first-order valence-electron chi connectivity index (χ1n) is 7.72. The van der Waals surface area contributed by atoms with Crippen LogP contribution in [0.3, 0.4) is 0 Å². The number of nitrogens with two attached hydrogens (primary N) is 1. The van der Waals surface area contributed by atoms with Crippen molar-refractivity contribution >= 4 is 11.6 Å². The zero-order valence-corrected chi connectivity index (χ0v) is 12.7. The highest BCUT2D eigenvalue weighted by atomic mass is 19.4. The summed E-state index contributed by atoms with van der Waals surface area (Å²) in [6, 6.07) is 3.14. The van der Waals surface area contributed by atoms with Gasteiger partial charge in [0.2, 0.25) is 0 Å². The van der Waals surface area contributed by atoms with Crippen molar-refractivity contribution in [3.05, 3.63) is 41.5 Å². The molecule has 3 rings (SSSR count). The molecule has 1 heterocycles. The second kappa shape index (κ2) is 5.58. The van der Waals surface area contributed by atoms with Gasteiger partial charge in [-0.05, 0) is 42.9 Å². The van der Waals surface area contributed by atoms with E-state index in [9.17, 15) is 18.0 Å². The second-order valence-corrected chi connectivity index (χ2v) is 6.40. The van der Waals surface area contributed by atoms with E-state index < -0.39 is 17.6 Å². The largest absolute Gasteiger partial charge is 0.416 e. The summed E-state index contributed by atoms with van der Waals surface area (Å²) in [6.45, 7) is 5.33. The van der Waals surface area contributed by atoms with Gasteiger partial charge in [0.25, 0.3) is 5.91 Å². The zero-order valence-electron chi connectivity index (χ0n) is 12.7. The van der Waals surface area contributed by atoms with Crippen molar-refractivity contribution in [2.24, 2.45) is 17.6 Å². The van der Waals surface area contributed by atoms with Gasteiger partial charge in [-0.2, -0.15) is 13.2 Å². The van der Waals surface area contributed by atoms with Gasteiger partial charge in [-0.1, -0.05) is 18.6 Å². The first-order chi connectivity index (χ1) is 10.8. The molecule has 2 bridgehead atoms.